The summed E-state index contributed by atoms with van der Waals surface area (Å²) in [6, 6.07) is 17.4. The van der Waals surface area contributed by atoms with Crippen molar-refractivity contribution in [3.05, 3.63) is 71.5 Å². The molecule has 2 aromatic rings. The Morgan fingerprint density at radius 1 is 1.05 bits per heavy atom. The molecule has 2 rings (SSSR count). The summed E-state index contributed by atoms with van der Waals surface area (Å²) in [5.41, 5.74) is 2.25. The van der Waals surface area contributed by atoms with Gasteiger partial charge in [0.05, 0.1) is 0 Å². The molecule has 0 spiro atoms. The number of benzene rings is 2. The van der Waals surface area contributed by atoms with Crippen molar-refractivity contribution in [1.82, 2.24) is 10.2 Å². The van der Waals surface area contributed by atoms with E-state index in [1.54, 1.807) is 12.1 Å². The second kappa shape index (κ2) is 7.17. The SMILES string of the molecule is CN(C)C(CNCc1cccc(F)c1)c1ccccc1. The first-order valence-electron chi connectivity index (χ1n) is 6.83. The predicted octanol–water partition coefficient (Wildman–Crippen LogP) is 3.22. The molecule has 0 amide bonds. The topological polar surface area (TPSA) is 15.3 Å². The fourth-order valence-electron chi connectivity index (χ4n) is 2.27. The van der Waals surface area contributed by atoms with E-state index in [9.17, 15) is 4.39 Å². The van der Waals surface area contributed by atoms with E-state index in [0.717, 1.165) is 12.1 Å². The Morgan fingerprint density at radius 2 is 1.80 bits per heavy atom. The summed E-state index contributed by atoms with van der Waals surface area (Å²) in [4.78, 5) is 2.19. The molecule has 0 radical (unpaired) electrons. The number of nitrogens with one attached hydrogen (secondary N) is 1. The lowest BCUT2D eigenvalue weighted by atomic mass is 10.1. The lowest BCUT2D eigenvalue weighted by molar-refractivity contribution is 0.288. The molecule has 0 aromatic heterocycles. The van der Waals surface area contributed by atoms with E-state index >= 15 is 0 Å². The van der Waals surface area contributed by atoms with Gasteiger partial charge in [-0.2, -0.15) is 0 Å². The minimum atomic E-state index is -0.184. The molecule has 1 N–H and O–H groups in total. The van der Waals surface area contributed by atoms with Crippen molar-refractivity contribution in [1.29, 1.82) is 0 Å². The molecule has 0 heterocycles. The number of rotatable bonds is 6. The van der Waals surface area contributed by atoms with Gasteiger partial charge in [-0.25, -0.2) is 4.39 Å². The van der Waals surface area contributed by atoms with Crippen LogP contribution < -0.4 is 5.32 Å². The van der Waals surface area contributed by atoms with Crippen LogP contribution in [0.2, 0.25) is 0 Å². The first-order chi connectivity index (χ1) is 9.66. The lowest BCUT2D eigenvalue weighted by Gasteiger charge is -2.25. The average Bonchev–Trinajstić information content (AvgIpc) is 2.44. The highest BCUT2D eigenvalue weighted by atomic mass is 19.1. The summed E-state index contributed by atoms with van der Waals surface area (Å²) in [7, 11) is 4.14. The minimum absolute atomic E-state index is 0.184. The van der Waals surface area contributed by atoms with Crippen LogP contribution >= 0.6 is 0 Å². The van der Waals surface area contributed by atoms with Crippen LogP contribution in [0.4, 0.5) is 4.39 Å². The molecule has 0 aliphatic rings. The Hall–Kier alpha value is -1.71. The van der Waals surface area contributed by atoms with Gasteiger partial charge in [0.2, 0.25) is 0 Å². The zero-order valence-corrected chi connectivity index (χ0v) is 12.0. The van der Waals surface area contributed by atoms with Crippen molar-refractivity contribution in [3.8, 4) is 0 Å². The van der Waals surface area contributed by atoms with Crippen molar-refractivity contribution in [3.63, 3.8) is 0 Å². The molecule has 0 aliphatic heterocycles. The largest absolute Gasteiger partial charge is 0.311 e. The normalized spacial score (nSPS) is 12.6. The van der Waals surface area contributed by atoms with Gasteiger partial charge in [0.25, 0.3) is 0 Å². The Kier molecular flexibility index (Phi) is 5.27. The van der Waals surface area contributed by atoms with Crippen molar-refractivity contribution in [2.75, 3.05) is 20.6 Å². The van der Waals surface area contributed by atoms with Crippen LogP contribution in [-0.2, 0) is 6.54 Å². The van der Waals surface area contributed by atoms with Gasteiger partial charge < -0.3 is 10.2 Å². The zero-order valence-electron chi connectivity index (χ0n) is 12.0. The van der Waals surface area contributed by atoms with Crippen LogP contribution in [0.5, 0.6) is 0 Å². The molecule has 3 heteroatoms. The lowest BCUT2D eigenvalue weighted by Crippen LogP contribution is -2.30. The summed E-state index contributed by atoms with van der Waals surface area (Å²) >= 11 is 0. The van der Waals surface area contributed by atoms with Gasteiger partial charge in [-0.1, -0.05) is 42.5 Å². The molecule has 2 nitrogen and oxygen atoms in total. The van der Waals surface area contributed by atoms with Crippen LogP contribution in [0.25, 0.3) is 0 Å². The fraction of sp³-hybridized carbons (Fsp3) is 0.294. The van der Waals surface area contributed by atoms with Gasteiger partial charge in [0.15, 0.2) is 0 Å². The van der Waals surface area contributed by atoms with Crippen molar-refractivity contribution < 1.29 is 4.39 Å². The molecule has 0 bridgehead atoms. The van der Waals surface area contributed by atoms with Gasteiger partial charge in [-0.3, -0.25) is 0 Å². The maximum atomic E-state index is 13.1. The Labute approximate surface area is 120 Å². The third kappa shape index (κ3) is 4.15. The van der Waals surface area contributed by atoms with Crippen LogP contribution in [0.3, 0.4) is 0 Å². The van der Waals surface area contributed by atoms with Crippen LogP contribution in [0.15, 0.2) is 54.6 Å². The van der Waals surface area contributed by atoms with E-state index in [1.165, 1.54) is 11.6 Å². The molecular weight excluding hydrogens is 251 g/mol. The van der Waals surface area contributed by atoms with E-state index in [4.69, 9.17) is 0 Å². The van der Waals surface area contributed by atoms with E-state index in [-0.39, 0.29) is 5.82 Å². The summed E-state index contributed by atoms with van der Waals surface area (Å²) < 4.78 is 13.1. The number of halogens is 1. The molecule has 0 saturated heterocycles. The smallest absolute Gasteiger partial charge is 0.123 e. The van der Waals surface area contributed by atoms with Gasteiger partial charge in [-0.05, 0) is 37.4 Å². The second-order valence-electron chi connectivity index (χ2n) is 5.15. The summed E-state index contributed by atoms with van der Waals surface area (Å²) in [6.07, 6.45) is 0. The third-order valence-corrected chi connectivity index (χ3v) is 3.36. The number of hydrogen-bond acceptors (Lipinski definition) is 2. The standard InChI is InChI=1S/C17H21FN2/c1-20(2)17(15-8-4-3-5-9-15)13-19-12-14-7-6-10-16(18)11-14/h3-11,17,19H,12-13H2,1-2H3. The van der Waals surface area contributed by atoms with Gasteiger partial charge >= 0.3 is 0 Å². The van der Waals surface area contributed by atoms with E-state index in [0.29, 0.717) is 12.6 Å². The van der Waals surface area contributed by atoms with Crippen LogP contribution in [0, 0.1) is 5.82 Å². The third-order valence-electron chi connectivity index (χ3n) is 3.36. The highest BCUT2D eigenvalue weighted by molar-refractivity contribution is 5.20. The number of hydrogen-bond donors (Lipinski definition) is 1. The summed E-state index contributed by atoms with van der Waals surface area (Å²) in [5.74, 6) is -0.184. The van der Waals surface area contributed by atoms with Gasteiger partial charge in [0, 0.05) is 19.1 Å². The second-order valence-corrected chi connectivity index (χ2v) is 5.15. The number of likely N-dealkylation sites (N-methyl/N-ethyl adjacent to an activating group) is 1. The maximum absolute atomic E-state index is 13.1. The molecule has 0 aliphatic carbocycles. The zero-order chi connectivity index (χ0) is 14.4. The first-order valence-corrected chi connectivity index (χ1v) is 6.83. The highest BCUT2D eigenvalue weighted by Crippen LogP contribution is 2.16. The Morgan fingerprint density at radius 3 is 2.45 bits per heavy atom. The number of nitrogens with zero attached hydrogens (tertiary/aromatic N) is 1. The summed E-state index contributed by atoms with van der Waals surface area (Å²) in [6.45, 7) is 1.50. The first kappa shape index (κ1) is 14.7. The molecule has 0 fully saturated rings. The average molecular weight is 272 g/mol. The Balaban J connectivity index is 1.93. The monoisotopic (exact) mass is 272 g/mol. The minimum Gasteiger partial charge on any atom is -0.311 e. The van der Waals surface area contributed by atoms with E-state index < -0.39 is 0 Å². The molecule has 1 unspecified atom stereocenters. The molecule has 0 saturated carbocycles. The molecule has 106 valence electrons. The van der Waals surface area contributed by atoms with Gasteiger partial charge in [-0.15, -0.1) is 0 Å². The van der Waals surface area contributed by atoms with E-state index in [2.05, 4.69) is 48.6 Å². The van der Waals surface area contributed by atoms with Crippen molar-refractivity contribution >= 4 is 0 Å². The van der Waals surface area contributed by atoms with Crippen molar-refractivity contribution in [2.24, 2.45) is 0 Å². The molecule has 1 atom stereocenters. The van der Waals surface area contributed by atoms with Crippen LogP contribution in [-0.4, -0.2) is 25.5 Å². The molecule has 2 aromatic carbocycles. The quantitative estimate of drug-likeness (QED) is 0.868. The van der Waals surface area contributed by atoms with Gasteiger partial charge in [0.1, 0.15) is 5.82 Å². The molecule has 20 heavy (non-hydrogen) atoms. The van der Waals surface area contributed by atoms with Crippen LogP contribution in [0.1, 0.15) is 17.2 Å². The highest BCUT2D eigenvalue weighted by Gasteiger charge is 2.12. The molecular formula is C17H21FN2. The Bertz CT molecular complexity index is 526. The fourth-order valence-corrected chi connectivity index (χ4v) is 2.27. The van der Waals surface area contributed by atoms with Crippen molar-refractivity contribution in [2.45, 2.75) is 12.6 Å². The predicted molar refractivity (Wildman–Crippen MR) is 81.0 cm³/mol. The summed E-state index contributed by atoms with van der Waals surface area (Å²) in [5, 5.41) is 3.40. The van der Waals surface area contributed by atoms with E-state index in [1.807, 2.05) is 12.1 Å². The maximum Gasteiger partial charge on any atom is 0.123 e.